The average molecular weight is 296 g/mol. The first-order valence-electron chi connectivity index (χ1n) is 7.10. The first-order chi connectivity index (χ1) is 9.26. The summed E-state index contributed by atoms with van der Waals surface area (Å²) in [5, 5.41) is 3.98. The predicted molar refractivity (Wildman–Crippen MR) is 84.2 cm³/mol. The molecule has 5 nitrogen and oxygen atoms in total. The minimum absolute atomic E-state index is 0.0218. The van der Waals surface area contributed by atoms with Gasteiger partial charge in [0.15, 0.2) is 5.13 Å². The molecule has 0 bridgehead atoms. The molecule has 1 saturated heterocycles. The number of nitrogens with two attached hydrogens (primary N) is 1. The van der Waals surface area contributed by atoms with Crippen molar-refractivity contribution < 1.29 is 4.79 Å². The second-order valence-electron chi connectivity index (χ2n) is 6.61. The van der Waals surface area contributed by atoms with Crippen LogP contribution in [0.5, 0.6) is 0 Å². The molecule has 1 aliphatic rings. The number of nitrogen functional groups attached to an aromatic ring is 1. The molecule has 0 saturated carbocycles. The van der Waals surface area contributed by atoms with E-state index in [0.717, 1.165) is 19.5 Å². The number of nitrogens with one attached hydrogen (secondary N) is 1. The van der Waals surface area contributed by atoms with Gasteiger partial charge in [0.2, 0.25) is 0 Å². The maximum Gasteiger partial charge on any atom is 0.267 e. The Bertz CT molecular complexity index is 492. The molecule has 0 radical (unpaired) electrons. The van der Waals surface area contributed by atoms with Crippen molar-refractivity contribution in [3.05, 3.63) is 4.88 Å². The Labute approximate surface area is 124 Å². The van der Waals surface area contributed by atoms with Crippen molar-refractivity contribution in [2.75, 3.05) is 24.1 Å². The topological polar surface area (TPSA) is 71.2 Å². The van der Waals surface area contributed by atoms with Crippen molar-refractivity contribution in [2.45, 2.75) is 46.1 Å². The van der Waals surface area contributed by atoms with Crippen LogP contribution in [0, 0.1) is 5.92 Å². The average Bonchev–Trinajstić information content (AvgIpc) is 2.66. The summed E-state index contributed by atoms with van der Waals surface area (Å²) in [6.07, 6.45) is 2.26. The van der Waals surface area contributed by atoms with Gasteiger partial charge in [-0.05, 0) is 39.5 Å². The lowest BCUT2D eigenvalue weighted by Crippen LogP contribution is -2.39. The Morgan fingerprint density at radius 2 is 2.20 bits per heavy atom. The lowest BCUT2D eigenvalue weighted by Gasteiger charge is -2.30. The van der Waals surface area contributed by atoms with Crippen molar-refractivity contribution in [1.82, 2.24) is 9.88 Å². The summed E-state index contributed by atoms with van der Waals surface area (Å²) in [7, 11) is 0. The Morgan fingerprint density at radius 1 is 1.50 bits per heavy atom. The van der Waals surface area contributed by atoms with Gasteiger partial charge in [-0.2, -0.15) is 0 Å². The Kier molecular flexibility index (Phi) is 4.22. The van der Waals surface area contributed by atoms with E-state index < -0.39 is 0 Å². The molecule has 1 fully saturated rings. The Morgan fingerprint density at radius 3 is 2.80 bits per heavy atom. The maximum absolute atomic E-state index is 12.5. The first-order valence-corrected chi connectivity index (χ1v) is 7.91. The highest BCUT2D eigenvalue weighted by Gasteiger charge is 2.26. The fourth-order valence-electron chi connectivity index (χ4n) is 2.38. The fourth-order valence-corrected chi connectivity index (χ4v) is 3.44. The first kappa shape index (κ1) is 15.1. The molecule has 1 aromatic rings. The summed E-state index contributed by atoms with van der Waals surface area (Å²) < 4.78 is 0. The van der Waals surface area contributed by atoms with Gasteiger partial charge in [0.25, 0.3) is 5.91 Å². The largest absolute Gasteiger partial charge is 0.382 e. The highest BCUT2D eigenvalue weighted by Crippen LogP contribution is 2.29. The van der Waals surface area contributed by atoms with Crippen LogP contribution in [0.2, 0.25) is 0 Å². The number of aromatic nitrogens is 1. The van der Waals surface area contributed by atoms with Crippen molar-refractivity contribution in [3.8, 4) is 0 Å². The molecule has 112 valence electrons. The third-order valence-corrected chi connectivity index (χ3v) is 4.25. The summed E-state index contributed by atoms with van der Waals surface area (Å²) in [6, 6.07) is 0. The Balaban J connectivity index is 2.14. The van der Waals surface area contributed by atoms with E-state index in [2.05, 4.69) is 38.0 Å². The van der Waals surface area contributed by atoms with Crippen molar-refractivity contribution in [3.63, 3.8) is 0 Å². The number of anilines is 2. The smallest absolute Gasteiger partial charge is 0.267 e. The molecule has 1 atom stereocenters. The van der Waals surface area contributed by atoms with Crippen LogP contribution in [0.3, 0.4) is 0 Å². The van der Waals surface area contributed by atoms with Gasteiger partial charge in [0.1, 0.15) is 10.7 Å². The van der Waals surface area contributed by atoms with E-state index in [1.54, 1.807) is 0 Å². The van der Waals surface area contributed by atoms with Crippen LogP contribution < -0.4 is 11.1 Å². The van der Waals surface area contributed by atoms with Gasteiger partial charge in [-0.15, -0.1) is 0 Å². The number of hydrogen-bond donors (Lipinski definition) is 2. The molecular weight excluding hydrogens is 272 g/mol. The van der Waals surface area contributed by atoms with Gasteiger partial charge in [0, 0.05) is 18.6 Å². The van der Waals surface area contributed by atoms with Gasteiger partial charge in [0.05, 0.1) is 0 Å². The summed E-state index contributed by atoms with van der Waals surface area (Å²) in [5.41, 5.74) is 5.82. The zero-order valence-electron chi connectivity index (χ0n) is 12.7. The van der Waals surface area contributed by atoms with E-state index in [0.29, 0.717) is 21.7 Å². The van der Waals surface area contributed by atoms with E-state index in [4.69, 9.17) is 5.73 Å². The quantitative estimate of drug-likeness (QED) is 0.880. The number of thiazole rings is 1. The molecule has 0 spiro atoms. The standard InChI is InChI=1S/C14H24N4OS/c1-9-6-5-7-18(8-9)12(19)10-11(15)16-13(20-10)17-14(2,3)4/h9H,5-8,15H2,1-4H3,(H,16,17). The summed E-state index contributed by atoms with van der Waals surface area (Å²) in [6.45, 7) is 9.98. The number of piperidine rings is 1. The number of hydrogen-bond acceptors (Lipinski definition) is 5. The molecule has 1 unspecified atom stereocenters. The van der Waals surface area contributed by atoms with Crippen LogP contribution >= 0.6 is 11.3 Å². The number of nitrogens with zero attached hydrogens (tertiary/aromatic N) is 2. The zero-order valence-corrected chi connectivity index (χ0v) is 13.5. The normalized spacial score (nSPS) is 20.0. The number of carbonyl (C=O) groups is 1. The van der Waals surface area contributed by atoms with Crippen molar-refractivity contribution in [2.24, 2.45) is 5.92 Å². The van der Waals surface area contributed by atoms with Crippen LogP contribution in [0.4, 0.5) is 10.9 Å². The third-order valence-electron chi connectivity index (χ3n) is 3.27. The minimum atomic E-state index is -0.0930. The van der Waals surface area contributed by atoms with Crippen LogP contribution in [-0.4, -0.2) is 34.4 Å². The highest BCUT2D eigenvalue weighted by molar-refractivity contribution is 7.18. The van der Waals surface area contributed by atoms with Crippen LogP contribution in [0.15, 0.2) is 0 Å². The summed E-state index contributed by atoms with van der Waals surface area (Å²) >= 11 is 1.35. The maximum atomic E-state index is 12.5. The molecule has 2 rings (SSSR count). The lowest BCUT2D eigenvalue weighted by molar-refractivity contribution is 0.0689. The van der Waals surface area contributed by atoms with Crippen molar-refractivity contribution in [1.29, 1.82) is 0 Å². The number of likely N-dealkylation sites (tertiary alicyclic amines) is 1. The fraction of sp³-hybridized carbons (Fsp3) is 0.714. The molecule has 6 heteroatoms. The number of carbonyl (C=O) groups excluding carboxylic acids is 1. The second kappa shape index (κ2) is 5.60. The minimum Gasteiger partial charge on any atom is -0.382 e. The molecule has 0 aromatic carbocycles. The molecule has 20 heavy (non-hydrogen) atoms. The van der Waals surface area contributed by atoms with Crippen molar-refractivity contribution >= 4 is 28.2 Å². The van der Waals surface area contributed by atoms with E-state index >= 15 is 0 Å². The summed E-state index contributed by atoms with van der Waals surface area (Å²) in [4.78, 5) is 19.3. The van der Waals surface area contributed by atoms with Crippen LogP contribution in [-0.2, 0) is 0 Å². The lowest BCUT2D eigenvalue weighted by atomic mass is 10.0. The molecule has 0 aliphatic carbocycles. The number of amides is 1. The van der Waals surface area contributed by atoms with Gasteiger partial charge in [-0.25, -0.2) is 4.98 Å². The monoisotopic (exact) mass is 296 g/mol. The molecule has 1 aromatic heterocycles. The van der Waals surface area contributed by atoms with E-state index in [1.165, 1.54) is 17.8 Å². The molecule has 1 aliphatic heterocycles. The van der Waals surface area contributed by atoms with Gasteiger partial charge >= 0.3 is 0 Å². The number of rotatable bonds is 2. The molecule has 3 N–H and O–H groups in total. The third kappa shape index (κ3) is 3.62. The van der Waals surface area contributed by atoms with Crippen LogP contribution in [0.1, 0.15) is 50.2 Å². The molecular formula is C14H24N4OS. The predicted octanol–water partition coefficient (Wildman–Crippen LogP) is 2.81. The summed E-state index contributed by atoms with van der Waals surface area (Å²) in [5.74, 6) is 0.924. The van der Waals surface area contributed by atoms with E-state index in [1.807, 2.05) is 4.90 Å². The highest BCUT2D eigenvalue weighted by atomic mass is 32.1. The zero-order chi connectivity index (χ0) is 14.9. The molecule has 1 amide bonds. The Hall–Kier alpha value is -1.30. The van der Waals surface area contributed by atoms with Crippen LogP contribution in [0.25, 0.3) is 0 Å². The van der Waals surface area contributed by atoms with Gasteiger partial charge in [-0.3, -0.25) is 4.79 Å². The SMILES string of the molecule is CC1CCCN(C(=O)c2sc(NC(C)(C)C)nc2N)C1. The van der Waals surface area contributed by atoms with Gasteiger partial charge in [-0.1, -0.05) is 18.3 Å². The molecule has 2 heterocycles. The second-order valence-corrected chi connectivity index (χ2v) is 7.61. The van der Waals surface area contributed by atoms with Gasteiger partial charge < -0.3 is 16.0 Å². The van der Waals surface area contributed by atoms with E-state index in [9.17, 15) is 4.79 Å². The van der Waals surface area contributed by atoms with E-state index in [-0.39, 0.29) is 11.4 Å².